The first-order chi connectivity index (χ1) is 12.8. The topological polar surface area (TPSA) is 82.2 Å². The highest BCUT2D eigenvalue weighted by molar-refractivity contribution is 5.96. The summed E-state index contributed by atoms with van der Waals surface area (Å²) in [5.41, 5.74) is 0.407. The summed E-state index contributed by atoms with van der Waals surface area (Å²) in [7, 11) is 0. The van der Waals surface area contributed by atoms with Gasteiger partial charge in [0.05, 0.1) is 18.4 Å². The lowest BCUT2D eigenvalue weighted by molar-refractivity contribution is -0.153. The Bertz CT molecular complexity index is 495. The number of ether oxygens (including phenoxy) is 3. The van der Waals surface area contributed by atoms with Gasteiger partial charge in [0.1, 0.15) is 12.7 Å². The highest BCUT2D eigenvalue weighted by Gasteiger charge is 2.44. The molecule has 0 bridgehead atoms. The van der Waals surface area contributed by atoms with Gasteiger partial charge in [0.25, 0.3) is 0 Å². The van der Waals surface area contributed by atoms with Crippen LogP contribution in [0.15, 0.2) is 0 Å². The molecule has 0 aromatic rings. The zero-order valence-electron chi connectivity index (χ0n) is 17.0. The van der Waals surface area contributed by atoms with E-state index in [1.807, 2.05) is 0 Å². The van der Waals surface area contributed by atoms with Gasteiger partial charge in [-0.3, -0.25) is 14.4 Å². The molecule has 3 unspecified atom stereocenters. The lowest BCUT2D eigenvalue weighted by Gasteiger charge is -2.18. The molecular formula is C21H34O6. The molecule has 2 saturated heterocycles. The lowest BCUT2D eigenvalue weighted by Crippen LogP contribution is -2.21. The van der Waals surface area contributed by atoms with Crippen LogP contribution in [0.25, 0.3) is 0 Å². The molecule has 6 heteroatoms. The minimum atomic E-state index is -0.292. The molecule has 27 heavy (non-hydrogen) atoms. The van der Waals surface area contributed by atoms with Crippen LogP contribution in [0.3, 0.4) is 0 Å². The molecule has 3 atom stereocenters. The molecule has 0 N–H and O–H groups in total. The molecule has 3 rings (SSSR count). The summed E-state index contributed by atoms with van der Waals surface area (Å²) < 4.78 is 14.5. The third kappa shape index (κ3) is 8.41. The van der Waals surface area contributed by atoms with Crippen LogP contribution in [-0.4, -0.2) is 37.2 Å². The second-order valence-corrected chi connectivity index (χ2v) is 9.00. The first kappa shape index (κ1) is 21.9. The third-order valence-corrected chi connectivity index (χ3v) is 5.21. The zero-order valence-corrected chi connectivity index (χ0v) is 17.0. The van der Waals surface area contributed by atoms with Gasteiger partial charge in [-0.05, 0) is 31.1 Å². The fraction of sp³-hybridized carbons (Fsp3) is 0.857. The van der Waals surface area contributed by atoms with Crippen molar-refractivity contribution in [2.45, 2.75) is 84.7 Å². The van der Waals surface area contributed by atoms with Crippen LogP contribution in [0.1, 0.15) is 78.6 Å². The van der Waals surface area contributed by atoms with Crippen LogP contribution in [0.2, 0.25) is 0 Å². The van der Waals surface area contributed by atoms with Gasteiger partial charge < -0.3 is 14.2 Å². The van der Waals surface area contributed by atoms with Gasteiger partial charge in [-0.1, -0.05) is 46.5 Å². The largest absolute Gasteiger partial charge is 0.463 e. The molecule has 6 nitrogen and oxygen atoms in total. The number of rotatable bonds is 7. The standard InChI is InChI=1S/C13H24O3.C8H10O3/c1-13(2,3)8-6-4-5-7-12(14)16-10-11-9-15-11;9-7-5-3-1-2-4-6(5)8(10)11-7/h11H,4-10H2,1-3H3;5-6H,1-4H2. The Morgan fingerprint density at radius 2 is 1.63 bits per heavy atom. The quantitative estimate of drug-likeness (QED) is 0.288. The molecule has 2 aliphatic heterocycles. The SMILES string of the molecule is CC(C)(C)CCCCCC(=O)OCC1CO1.O=C1OC(=O)C2CCCCC12. The number of hydrogen-bond donors (Lipinski definition) is 0. The van der Waals surface area contributed by atoms with Crippen molar-refractivity contribution in [1.29, 1.82) is 0 Å². The molecule has 3 aliphatic rings. The molecule has 1 saturated carbocycles. The van der Waals surface area contributed by atoms with Gasteiger partial charge in [0.15, 0.2) is 0 Å². The summed E-state index contributed by atoms with van der Waals surface area (Å²) in [5, 5.41) is 0. The van der Waals surface area contributed by atoms with Crippen molar-refractivity contribution < 1.29 is 28.6 Å². The molecule has 0 radical (unpaired) electrons. The molecular weight excluding hydrogens is 348 g/mol. The van der Waals surface area contributed by atoms with E-state index < -0.39 is 0 Å². The number of cyclic esters (lactones) is 2. The van der Waals surface area contributed by atoms with E-state index in [-0.39, 0.29) is 35.8 Å². The Balaban J connectivity index is 0.000000206. The summed E-state index contributed by atoms with van der Waals surface area (Å²) in [6.07, 6.45) is 9.02. The minimum absolute atomic E-state index is 0.0775. The molecule has 154 valence electrons. The van der Waals surface area contributed by atoms with Crippen LogP contribution in [0.4, 0.5) is 0 Å². The van der Waals surface area contributed by atoms with Crippen molar-refractivity contribution in [3.63, 3.8) is 0 Å². The summed E-state index contributed by atoms with van der Waals surface area (Å²) >= 11 is 0. The van der Waals surface area contributed by atoms with Crippen LogP contribution in [0, 0.1) is 17.3 Å². The van der Waals surface area contributed by atoms with Gasteiger partial charge in [0.2, 0.25) is 0 Å². The number of carbonyl (C=O) groups excluding carboxylic acids is 3. The Labute approximate surface area is 162 Å². The average Bonchev–Trinajstić information content (AvgIpc) is 3.39. The molecule has 0 aromatic carbocycles. The summed E-state index contributed by atoms with van der Waals surface area (Å²) in [5.74, 6) is -0.863. The second kappa shape index (κ2) is 10.2. The molecule has 0 amide bonds. The number of epoxide rings is 1. The van der Waals surface area contributed by atoms with Crippen molar-refractivity contribution in [3.05, 3.63) is 0 Å². The maximum absolute atomic E-state index is 11.3. The van der Waals surface area contributed by atoms with Crippen LogP contribution >= 0.6 is 0 Å². The average molecular weight is 382 g/mol. The van der Waals surface area contributed by atoms with E-state index in [2.05, 4.69) is 25.5 Å². The smallest absolute Gasteiger partial charge is 0.317 e. The van der Waals surface area contributed by atoms with Crippen molar-refractivity contribution in [3.8, 4) is 0 Å². The maximum Gasteiger partial charge on any atom is 0.317 e. The molecule has 1 aliphatic carbocycles. The fourth-order valence-corrected chi connectivity index (χ4v) is 3.47. The van der Waals surface area contributed by atoms with E-state index in [1.165, 1.54) is 12.8 Å². The fourth-order valence-electron chi connectivity index (χ4n) is 3.47. The van der Waals surface area contributed by atoms with E-state index in [9.17, 15) is 14.4 Å². The normalized spacial score (nSPS) is 26.6. The van der Waals surface area contributed by atoms with E-state index in [0.29, 0.717) is 18.4 Å². The predicted octanol–water partition coefficient (Wildman–Crippen LogP) is 3.80. The van der Waals surface area contributed by atoms with Crippen LogP contribution < -0.4 is 0 Å². The highest BCUT2D eigenvalue weighted by Crippen LogP contribution is 2.36. The van der Waals surface area contributed by atoms with E-state index >= 15 is 0 Å². The number of hydrogen-bond acceptors (Lipinski definition) is 6. The number of carbonyl (C=O) groups is 3. The van der Waals surface area contributed by atoms with Gasteiger partial charge in [0, 0.05) is 6.42 Å². The van der Waals surface area contributed by atoms with Crippen LogP contribution in [0.5, 0.6) is 0 Å². The van der Waals surface area contributed by atoms with Crippen LogP contribution in [-0.2, 0) is 28.6 Å². The maximum atomic E-state index is 11.3. The van der Waals surface area contributed by atoms with Crippen molar-refractivity contribution >= 4 is 17.9 Å². The second-order valence-electron chi connectivity index (χ2n) is 9.00. The zero-order chi connectivity index (χ0) is 19.9. The summed E-state index contributed by atoms with van der Waals surface area (Å²) in [6, 6.07) is 0. The predicted molar refractivity (Wildman–Crippen MR) is 99.8 cm³/mol. The molecule has 3 fully saturated rings. The Morgan fingerprint density at radius 1 is 1.04 bits per heavy atom. The first-order valence-corrected chi connectivity index (χ1v) is 10.3. The number of unbranched alkanes of at least 4 members (excludes halogenated alkanes) is 2. The van der Waals surface area contributed by atoms with Gasteiger partial charge in [-0.15, -0.1) is 0 Å². The summed E-state index contributed by atoms with van der Waals surface area (Å²) in [6.45, 7) is 7.93. The van der Waals surface area contributed by atoms with Crippen molar-refractivity contribution in [2.24, 2.45) is 17.3 Å². The highest BCUT2D eigenvalue weighted by atomic mass is 16.6. The number of esters is 3. The van der Waals surface area contributed by atoms with Crippen molar-refractivity contribution in [2.75, 3.05) is 13.2 Å². The molecule has 0 spiro atoms. The lowest BCUT2D eigenvalue weighted by atomic mass is 9.81. The number of fused-ring (bicyclic) bond motifs is 1. The van der Waals surface area contributed by atoms with E-state index in [1.54, 1.807) is 0 Å². The minimum Gasteiger partial charge on any atom is -0.463 e. The Kier molecular flexibility index (Phi) is 8.27. The van der Waals surface area contributed by atoms with Crippen molar-refractivity contribution in [1.82, 2.24) is 0 Å². The van der Waals surface area contributed by atoms with Gasteiger partial charge in [-0.2, -0.15) is 0 Å². The third-order valence-electron chi connectivity index (χ3n) is 5.21. The van der Waals surface area contributed by atoms with Gasteiger partial charge in [-0.25, -0.2) is 0 Å². The van der Waals surface area contributed by atoms with E-state index in [0.717, 1.165) is 45.1 Å². The first-order valence-electron chi connectivity index (χ1n) is 10.3. The van der Waals surface area contributed by atoms with Gasteiger partial charge >= 0.3 is 17.9 Å². The van der Waals surface area contributed by atoms with E-state index in [4.69, 9.17) is 9.47 Å². The summed E-state index contributed by atoms with van der Waals surface area (Å²) in [4.78, 5) is 33.2. The monoisotopic (exact) mass is 382 g/mol. The molecule has 0 aromatic heterocycles. The Morgan fingerprint density at radius 3 is 2.15 bits per heavy atom. The Hall–Kier alpha value is -1.43. The molecule has 2 heterocycles.